The molecule has 0 radical (unpaired) electrons. The number of unbranched alkanes of at least 4 members (excludes halogenated alkanes) is 3. The molecule has 1 amide bonds. The number of rotatable bonds is 10. The van der Waals surface area contributed by atoms with E-state index < -0.39 is 18.1 Å². The summed E-state index contributed by atoms with van der Waals surface area (Å²) in [6, 6.07) is 8.94. The molecule has 0 aliphatic rings. The molecule has 0 heterocycles. The van der Waals surface area contributed by atoms with Crippen LogP contribution in [0.3, 0.4) is 0 Å². The second-order valence-corrected chi connectivity index (χ2v) is 5.62. The fourth-order valence-electron chi connectivity index (χ4n) is 2.29. The lowest BCUT2D eigenvalue weighted by atomic mass is 10.0. The molecule has 1 aromatic rings. The minimum absolute atomic E-state index is 0.180. The standard InChI is InChI=1S/C19H27NO4/c1-4-5-6-10-13-17(15(2)18(21)23-3)20-19(22)24-14-16-11-8-7-9-12-16/h7-9,11-12,17H,2,4-6,10,13-14H2,1,3H3,(H,20,22)/t17-/m0/s1. The first-order valence-electron chi connectivity index (χ1n) is 8.32. The van der Waals surface area contributed by atoms with Crippen LogP contribution < -0.4 is 5.32 Å². The monoisotopic (exact) mass is 333 g/mol. The van der Waals surface area contributed by atoms with E-state index in [2.05, 4.69) is 18.8 Å². The summed E-state index contributed by atoms with van der Waals surface area (Å²) in [6.07, 6.45) is 4.25. The number of amides is 1. The number of hydrogen-bond donors (Lipinski definition) is 1. The van der Waals surface area contributed by atoms with Gasteiger partial charge in [0, 0.05) is 0 Å². The molecule has 0 unspecified atom stereocenters. The minimum Gasteiger partial charge on any atom is -0.466 e. The SMILES string of the molecule is C=C(C(=O)OC)[C@H](CCCCCC)NC(=O)OCc1ccccc1. The van der Waals surface area contributed by atoms with E-state index in [4.69, 9.17) is 9.47 Å². The van der Waals surface area contributed by atoms with Crippen LogP contribution in [0, 0.1) is 0 Å². The number of hydrogen-bond acceptors (Lipinski definition) is 4. The van der Waals surface area contributed by atoms with Crippen molar-refractivity contribution in [2.45, 2.75) is 51.7 Å². The zero-order valence-corrected chi connectivity index (χ0v) is 14.5. The molecule has 0 saturated heterocycles. The molecule has 0 aromatic heterocycles. The Labute approximate surface area is 144 Å². The molecule has 0 aliphatic carbocycles. The topological polar surface area (TPSA) is 64.6 Å². The van der Waals surface area contributed by atoms with Crippen LogP contribution in [0.15, 0.2) is 42.5 Å². The summed E-state index contributed by atoms with van der Waals surface area (Å²) in [5.41, 5.74) is 1.14. The lowest BCUT2D eigenvalue weighted by Gasteiger charge is -2.19. The zero-order chi connectivity index (χ0) is 17.8. The molecule has 24 heavy (non-hydrogen) atoms. The number of nitrogens with one attached hydrogen (secondary N) is 1. The predicted molar refractivity (Wildman–Crippen MR) is 93.5 cm³/mol. The summed E-state index contributed by atoms with van der Waals surface area (Å²) in [7, 11) is 1.30. The van der Waals surface area contributed by atoms with Crippen molar-refractivity contribution < 1.29 is 19.1 Å². The Balaban J connectivity index is 2.53. The molecular formula is C19H27NO4. The van der Waals surface area contributed by atoms with Gasteiger partial charge in [0.1, 0.15) is 6.61 Å². The van der Waals surface area contributed by atoms with E-state index in [1.54, 1.807) is 0 Å². The van der Waals surface area contributed by atoms with Crippen molar-refractivity contribution in [2.24, 2.45) is 0 Å². The largest absolute Gasteiger partial charge is 0.466 e. The summed E-state index contributed by atoms with van der Waals surface area (Å²) in [5, 5.41) is 2.72. The molecule has 1 atom stereocenters. The van der Waals surface area contributed by atoms with Crippen molar-refractivity contribution in [1.29, 1.82) is 0 Å². The van der Waals surface area contributed by atoms with Gasteiger partial charge in [-0.05, 0) is 12.0 Å². The Kier molecular flexibility index (Phi) is 9.27. The predicted octanol–water partition coefficient (Wildman–Crippen LogP) is 3.98. The van der Waals surface area contributed by atoms with Crippen LogP contribution >= 0.6 is 0 Å². The molecule has 1 aromatic carbocycles. The number of methoxy groups -OCH3 is 1. The fraction of sp³-hybridized carbons (Fsp3) is 0.474. The molecule has 5 heteroatoms. The van der Waals surface area contributed by atoms with Crippen LogP contribution in [0.4, 0.5) is 4.79 Å². The third kappa shape index (κ3) is 7.31. The average molecular weight is 333 g/mol. The van der Waals surface area contributed by atoms with Crippen molar-refractivity contribution in [2.75, 3.05) is 7.11 Å². The first-order valence-corrected chi connectivity index (χ1v) is 8.32. The third-order valence-electron chi connectivity index (χ3n) is 3.72. The minimum atomic E-state index is -0.565. The summed E-state index contributed by atoms with van der Waals surface area (Å²) in [6.45, 7) is 6.06. The number of benzene rings is 1. The molecule has 5 nitrogen and oxygen atoms in total. The second-order valence-electron chi connectivity index (χ2n) is 5.62. The van der Waals surface area contributed by atoms with Crippen molar-refractivity contribution >= 4 is 12.1 Å². The highest BCUT2D eigenvalue weighted by atomic mass is 16.5. The van der Waals surface area contributed by atoms with E-state index >= 15 is 0 Å². The van der Waals surface area contributed by atoms with E-state index in [9.17, 15) is 9.59 Å². The normalized spacial score (nSPS) is 11.4. The van der Waals surface area contributed by atoms with Gasteiger partial charge in [-0.25, -0.2) is 9.59 Å². The highest BCUT2D eigenvalue weighted by Crippen LogP contribution is 2.13. The van der Waals surface area contributed by atoms with E-state index in [0.29, 0.717) is 6.42 Å². The van der Waals surface area contributed by atoms with E-state index in [-0.39, 0.29) is 12.2 Å². The number of alkyl carbamates (subject to hydrolysis) is 1. The molecule has 0 aliphatic heterocycles. The summed E-state index contributed by atoms with van der Waals surface area (Å²) in [4.78, 5) is 23.7. The Morgan fingerprint density at radius 2 is 1.88 bits per heavy atom. The van der Waals surface area contributed by atoms with Crippen molar-refractivity contribution in [3.05, 3.63) is 48.0 Å². The number of carbonyl (C=O) groups excluding carboxylic acids is 2. The summed E-state index contributed by atoms with van der Waals surface area (Å²) < 4.78 is 9.91. The molecule has 0 spiro atoms. The van der Waals surface area contributed by atoms with Gasteiger partial charge in [0.15, 0.2) is 0 Å². The van der Waals surface area contributed by atoms with Crippen LogP contribution in [0.25, 0.3) is 0 Å². The van der Waals surface area contributed by atoms with Gasteiger partial charge in [-0.2, -0.15) is 0 Å². The average Bonchev–Trinajstić information content (AvgIpc) is 2.62. The number of esters is 1. The van der Waals surface area contributed by atoms with E-state index in [0.717, 1.165) is 31.2 Å². The third-order valence-corrected chi connectivity index (χ3v) is 3.72. The molecule has 1 rings (SSSR count). The first kappa shape index (κ1) is 19.7. The highest BCUT2D eigenvalue weighted by molar-refractivity contribution is 5.89. The lowest BCUT2D eigenvalue weighted by Crippen LogP contribution is -2.38. The molecule has 132 valence electrons. The quantitative estimate of drug-likeness (QED) is 0.399. The van der Waals surface area contributed by atoms with Crippen LogP contribution in [0.2, 0.25) is 0 Å². The Morgan fingerprint density at radius 1 is 1.17 bits per heavy atom. The molecule has 0 fully saturated rings. The Hall–Kier alpha value is -2.30. The number of carbonyl (C=O) groups is 2. The van der Waals surface area contributed by atoms with Gasteiger partial charge >= 0.3 is 12.1 Å². The van der Waals surface area contributed by atoms with E-state index in [1.807, 2.05) is 30.3 Å². The molecular weight excluding hydrogens is 306 g/mol. The maximum absolute atomic E-state index is 12.0. The first-order chi connectivity index (χ1) is 11.6. The van der Waals surface area contributed by atoms with Crippen molar-refractivity contribution in [1.82, 2.24) is 5.32 Å². The second kappa shape index (κ2) is 11.3. The van der Waals surface area contributed by atoms with Crippen LogP contribution in [0.1, 0.15) is 44.6 Å². The van der Waals surface area contributed by atoms with Gasteiger partial charge in [-0.1, -0.05) is 69.5 Å². The van der Waals surface area contributed by atoms with Gasteiger partial charge in [-0.3, -0.25) is 0 Å². The maximum Gasteiger partial charge on any atom is 0.407 e. The van der Waals surface area contributed by atoms with Crippen LogP contribution in [-0.2, 0) is 20.9 Å². The van der Waals surface area contributed by atoms with Crippen molar-refractivity contribution in [3.8, 4) is 0 Å². The van der Waals surface area contributed by atoms with Gasteiger partial charge in [0.25, 0.3) is 0 Å². The van der Waals surface area contributed by atoms with Gasteiger partial charge in [-0.15, -0.1) is 0 Å². The van der Waals surface area contributed by atoms with Crippen molar-refractivity contribution in [3.63, 3.8) is 0 Å². The highest BCUT2D eigenvalue weighted by Gasteiger charge is 2.22. The fourth-order valence-corrected chi connectivity index (χ4v) is 2.29. The Bertz CT molecular complexity index is 527. The smallest absolute Gasteiger partial charge is 0.407 e. The van der Waals surface area contributed by atoms with Gasteiger partial charge in [0.2, 0.25) is 0 Å². The Morgan fingerprint density at radius 3 is 2.50 bits per heavy atom. The van der Waals surface area contributed by atoms with Gasteiger partial charge in [0.05, 0.1) is 18.7 Å². The van der Waals surface area contributed by atoms with Gasteiger partial charge < -0.3 is 14.8 Å². The lowest BCUT2D eigenvalue weighted by molar-refractivity contribution is -0.136. The van der Waals surface area contributed by atoms with Crippen LogP contribution in [0.5, 0.6) is 0 Å². The number of ether oxygens (including phenoxy) is 2. The molecule has 0 bridgehead atoms. The molecule has 1 N–H and O–H groups in total. The van der Waals surface area contributed by atoms with E-state index in [1.165, 1.54) is 7.11 Å². The maximum atomic E-state index is 12.0. The summed E-state index contributed by atoms with van der Waals surface area (Å²) in [5.74, 6) is -0.515. The summed E-state index contributed by atoms with van der Waals surface area (Å²) >= 11 is 0. The zero-order valence-electron chi connectivity index (χ0n) is 14.5. The molecule has 0 saturated carbocycles. The van der Waals surface area contributed by atoms with Crippen LogP contribution in [-0.4, -0.2) is 25.2 Å².